The van der Waals surface area contributed by atoms with Crippen LogP contribution in [0.1, 0.15) is 32.1 Å². The Morgan fingerprint density at radius 1 is 1.12 bits per heavy atom. The van der Waals surface area contributed by atoms with E-state index in [1.165, 1.54) is 6.42 Å². The second-order valence-electron chi connectivity index (χ2n) is 4.78. The zero-order valence-corrected chi connectivity index (χ0v) is 10.5. The Hall–Kier alpha value is -0.130. The van der Waals surface area contributed by atoms with Gasteiger partial charge in [-0.05, 0) is 32.1 Å². The van der Waals surface area contributed by atoms with Gasteiger partial charge < -0.3 is 10.1 Å². The van der Waals surface area contributed by atoms with Gasteiger partial charge in [-0.2, -0.15) is 0 Å². The van der Waals surface area contributed by atoms with Crippen LogP contribution in [0.25, 0.3) is 0 Å². The fourth-order valence-corrected chi connectivity index (χ4v) is 4.26. The van der Waals surface area contributed by atoms with Gasteiger partial charge in [0.1, 0.15) is 0 Å². The van der Waals surface area contributed by atoms with Gasteiger partial charge in [-0.3, -0.25) is 0 Å². The first kappa shape index (κ1) is 12.3. The maximum Gasteiger partial charge on any atom is 0.154 e. The van der Waals surface area contributed by atoms with Crippen molar-refractivity contribution in [2.75, 3.05) is 25.4 Å². The maximum atomic E-state index is 11.6. The molecular formula is C11H21NO3S. The Bertz CT molecular complexity index is 309. The zero-order chi connectivity index (χ0) is 11.4. The molecule has 0 spiro atoms. The summed E-state index contributed by atoms with van der Waals surface area (Å²) in [5.41, 5.74) is 0. The Kier molecular flexibility index (Phi) is 4.21. The van der Waals surface area contributed by atoms with Crippen LogP contribution in [0.15, 0.2) is 0 Å². The number of hydrogen-bond donors (Lipinski definition) is 1. The van der Waals surface area contributed by atoms with Crippen LogP contribution in [-0.4, -0.2) is 45.2 Å². The summed E-state index contributed by atoms with van der Waals surface area (Å²) < 4.78 is 28.7. The molecule has 16 heavy (non-hydrogen) atoms. The lowest BCUT2D eigenvalue weighted by Gasteiger charge is -2.23. The van der Waals surface area contributed by atoms with E-state index in [4.69, 9.17) is 4.74 Å². The number of rotatable bonds is 4. The first-order valence-electron chi connectivity index (χ1n) is 6.22. The van der Waals surface area contributed by atoms with Crippen molar-refractivity contribution in [3.8, 4) is 0 Å². The van der Waals surface area contributed by atoms with Gasteiger partial charge in [-0.25, -0.2) is 8.42 Å². The molecule has 0 aromatic rings. The summed E-state index contributed by atoms with van der Waals surface area (Å²) >= 11 is 0. The molecular weight excluding hydrogens is 226 g/mol. The van der Waals surface area contributed by atoms with Gasteiger partial charge in [-0.1, -0.05) is 0 Å². The van der Waals surface area contributed by atoms with Crippen LogP contribution in [0.2, 0.25) is 0 Å². The summed E-state index contributed by atoms with van der Waals surface area (Å²) in [6.45, 7) is 2.25. The molecule has 2 aliphatic rings. The lowest BCUT2D eigenvalue weighted by atomic mass is 10.1. The number of ether oxygens (including phenoxy) is 1. The van der Waals surface area contributed by atoms with Gasteiger partial charge in [0.05, 0.1) is 17.1 Å². The van der Waals surface area contributed by atoms with Crippen molar-refractivity contribution in [3.63, 3.8) is 0 Å². The summed E-state index contributed by atoms with van der Waals surface area (Å²) in [5.74, 6) is 0.374. The van der Waals surface area contributed by atoms with Crippen molar-refractivity contribution >= 4 is 9.84 Å². The van der Waals surface area contributed by atoms with Crippen molar-refractivity contribution in [1.82, 2.24) is 5.32 Å². The van der Waals surface area contributed by atoms with Crippen LogP contribution in [0, 0.1) is 0 Å². The van der Waals surface area contributed by atoms with E-state index >= 15 is 0 Å². The Morgan fingerprint density at radius 3 is 2.62 bits per heavy atom. The molecule has 94 valence electrons. The molecule has 0 amide bonds. The van der Waals surface area contributed by atoms with Crippen molar-refractivity contribution in [2.24, 2.45) is 0 Å². The van der Waals surface area contributed by atoms with Gasteiger partial charge in [0, 0.05) is 19.7 Å². The molecule has 0 aliphatic carbocycles. The molecule has 0 aromatic heterocycles. The summed E-state index contributed by atoms with van der Waals surface area (Å²) in [5, 5.41) is 3.09. The quantitative estimate of drug-likeness (QED) is 0.795. The van der Waals surface area contributed by atoms with E-state index in [-0.39, 0.29) is 11.4 Å². The summed E-state index contributed by atoms with van der Waals surface area (Å²) in [7, 11) is -2.79. The number of hydrogen-bond acceptors (Lipinski definition) is 4. The molecule has 2 saturated heterocycles. The highest BCUT2D eigenvalue weighted by Gasteiger charge is 2.30. The van der Waals surface area contributed by atoms with Crippen molar-refractivity contribution in [2.45, 2.75) is 43.5 Å². The van der Waals surface area contributed by atoms with Crippen molar-refractivity contribution in [3.05, 3.63) is 0 Å². The van der Waals surface area contributed by atoms with Crippen molar-refractivity contribution < 1.29 is 13.2 Å². The third kappa shape index (κ3) is 3.18. The SMILES string of the molecule is O=S1(=O)CCCC1CNCC1CCCCO1. The van der Waals surface area contributed by atoms with E-state index in [0.717, 1.165) is 38.8 Å². The van der Waals surface area contributed by atoms with E-state index in [9.17, 15) is 8.42 Å². The monoisotopic (exact) mass is 247 g/mol. The van der Waals surface area contributed by atoms with Gasteiger partial charge >= 0.3 is 0 Å². The highest BCUT2D eigenvalue weighted by Crippen LogP contribution is 2.19. The topological polar surface area (TPSA) is 55.4 Å². The number of sulfone groups is 1. The minimum atomic E-state index is -2.79. The molecule has 1 N–H and O–H groups in total. The van der Waals surface area contributed by atoms with Gasteiger partial charge in [-0.15, -0.1) is 0 Å². The first-order chi connectivity index (χ1) is 7.68. The molecule has 2 rings (SSSR count). The lowest BCUT2D eigenvalue weighted by molar-refractivity contribution is 0.0171. The van der Waals surface area contributed by atoms with Crippen LogP contribution >= 0.6 is 0 Å². The molecule has 2 unspecified atom stereocenters. The molecule has 2 fully saturated rings. The predicted octanol–water partition coefficient (Wildman–Crippen LogP) is 0.722. The van der Waals surface area contributed by atoms with Gasteiger partial charge in [0.2, 0.25) is 0 Å². The van der Waals surface area contributed by atoms with Crippen LogP contribution in [0.3, 0.4) is 0 Å². The van der Waals surface area contributed by atoms with Crippen LogP contribution < -0.4 is 5.32 Å². The zero-order valence-electron chi connectivity index (χ0n) is 9.65. The normalized spacial score (nSPS) is 34.0. The first-order valence-corrected chi connectivity index (χ1v) is 7.94. The predicted molar refractivity (Wildman–Crippen MR) is 63.3 cm³/mol. The molecule has 0 saturated carbocycles. The van der Waals surface area contributed by atoms with E-state index in [1.807, 2.05) is 0 Å². The molecule has 4 nitrogen and oxygen atoms in total. The van der Waals surface area contributed by atoms with Crippen LogP contribution in [0.5, 0.6) is 0 Å². The average Bonchev–Trinajstić information content (AvgIpc) is 2.60. The molecule has 5 heteroatoms. The Balaban J connectivity index is 1.67. The smallest absolute Gasteiger partial charge is 0.154 e. The Labute approximate surface area is 97.7 Å². The van der Waals surface area contributed by atoms with E-state index in [1.54, 1.807) is 0 Å². The third-order valence-electron chi connectivity index (χ3n) is 3.48. The molecule has 0 aromatic carbocycles. The van der Waals surface area contributed by atoms with E-state index in [0.29, 0.717) is 12.3 Å². The minimum absolute atomic E-state index is 0.156. The molecule has 0 bridgehead atoms. The third-order valence-corrected chi connectivity index (χ3v) is 5.76. The maximum absolute atomic E-state index is 11.6. The second kappa shape index (κ2) is 5.47. The molecule has 2 atom stereocenters. The summed E-state index contributed by atoms with van der Waals surface area (Å²) in [4.78, 5) is 0. The number of nitrogens with one attached hydrogen (secondary N) is 1. The van der Waals surface area contributed by atoms with Crippen LogP contribution in [-0.2, 0) is 14.6 Å². The van der Waals surface area contributed by atoms with Crippen LogP contribution in [0.4, 0.5) is 0 Å². The average molecular weight is 247 g/mol. The lowest BCUT2D eigenvalue weighted by Crippen LogP contribution is -2.37. The minimum Gasteiger partial charge on any atom is -0.377 e. The van der Waals surface area contributed by atoms with Gasteiger partial charge in [0.15, 0.2) is 9.84 Å². The largest absolute Gasteiger partial charge is 0.377 e. The second-order valence-corrected chi connectivity index (χ2v) is 7.18. The Morgan fingerprint density at radius 2 is 2.00 bits per heavy atom. The highest BCUT2D eigenvalue weighted by molar-refractivity contribution is 7.92. The highest BCUT2D eigenvalue weighted by atomic mass is 32.2. The summed E-state index contributed by atoms with van der Waals surface area (Å²) in [6.07, 6.45) is 5.43. The fraction of sp³-hybridized carbons (Fsp3) is 1.00. The fourth-order valence-electron chi connectivity index (χ4n) is 2.46. The van der Waals surface area contributed by atoms with Crippen molar-refractivity contribution in [1.29, 1.82) is 0 Å². The molecule has 0 radical (unpaired) electrons. The molecule has 2 heterocycles. The standard InChI is InChI=1S/C11H21NO3S/c13-16(14)7-3-5-11(16)9-12-8-10-4-1-2-6-15-10/h10-12H,1-9H2. The van der Waals surface area contributed by atoms with E-state index in [2.05, 4.69) is 5.32 Å². The summed E-state index contributed by atoms with van der Waals surface area (Å²) in [6, 6.07) is 0. The molecule has 2 aliphatic heterocycles. The van der Waals surface area contributed by atoms with E-state index < -0.39 is 9.84 Å². The van der Waals surface area contributed by atoms with Gasteiger partial charge in [0.25, 0.3) is 0 Å².